The number of carboxylic acids is 3. The summed E-state index contributed by atoms with van der Waals surface area (Å²) in [7, 11) is 0. The van der Waals surface area contributed by atoms with E-state index in [2.05, 4.69) is 80.0 Å². The van der Waals surface area contributed by atoms with Crippen LogP contribution in [0.15, 0.2) is 109 Å². The average molecular weight is 1780 g/mol. The van der Waals surface area contributed by atoms with Crippen molar-refractivity contribution in [1.82, 2.24) is 78.3 Å². The lowest BCUT2D eigenvalue weighted by Crippen LogP contribution is -2.63. The number of primary amides is 1. The molecule has 6 rings (SSSR count). The number of aliphatic imine (C=N–C) groups is 1. The van der Waals surface area contributed by atoms with Crippen LogP contribution in [0.4, 0.5) is 0 Å². The van der Waals surface area contributed by atoms with Gasteiger partial charge in [0.05, 0.1) is 74.9 Å². The molecule has 0 aliphatic carbocycles. The zero-order chi connectivity index (χ0) is 90.2. The number of ether oxygens (including phenoxy) is 1. The number of carbonyl (C=O) groups excluding carboxylic acids is 11. The molecule has 0 radical (unpaired) electrons. The van der Waals surface area contributed by atoms with E-state index in [0.717, 1.165) is 11.1 Å². The first-order valence-corrected chi connectivity index (χ1v) is 43.9. The number of aromatic nitrogens is 2. The van der Waals surface area contributed by atoms with Gasteiger partial charge < -0.3 is 110 Å². The van der Waals surface area contributed by atoms with Crippen LogP contribution in [-0.2, 0) is 96.2 Å². The minimum atomic E-state index is -2.01. The maximum Gasteiger partial charge on any atom is 0.305 e. The number of aliphatic carboxylic acids is 3. The SMILES string of the molecule is C=C/C(=C\C=C/C)C[C@@H]1NC(=O)[C@H](CCC(=O)O)NC(O)[C@H]([C@@H](C)O)NC(=O)[C@@H]2CCCN2C(=O)[C@@H]2CCCN2C(=O)[C@@H](NC(O)[C@H](CCSC)NC(C)=O)CSCc2cccc(c2)CSC[C@@H](COCN[C@@H](CC(=O)O)C(=O)N[C@@H](Cc2cnc[nH]2)C(=O)N[C@@H](Cc2ccccc2)C(=O)N[C@@H](CCCN=C(N)N)C(=O)N[C@@H](CC(=O)O)C(N)=O)NC1=O. The average Bonchev–Trinajstić information content (AvgIpc) is 1.55. The second-order valence-corrected chi connectivity index (χ2v) is 32.9. The highest BCUT2D eigenvalue weighted by Gasteiger charge is 2.46. The standard InChI is InChI=1S/C80H117N19O21S3/c1-6-8-16-47(7-2)32-58-73(113)89-52(38-120-44-87-57(36-66(106)107)72(112)95-60(34-51-37-84-43-86-51)75(115)94-59(33-48-17-10-9-11-18-48)74(114)90-53(21-13-27-85-80(82)83)69(109)92-56(68(81)108)35-65(104)105)41-122-39-49-19-12-20-50(31-49)40-123-42-61(96-71(111)55(26-30-121-5)88-46(4)101)78(118)99-29-15-23-63(99)79(119)98-28-14-22-62(98)76(116)97-67(45(3)100)77(117)91-54(70(110)93-58)24-25-64(102)103/h6-12,16-20,31,37,43,45,52-63,67,71,77,87,91,96,100,111,117H,2,13-15,21-30,32-36,38-42,44H2,1,3-5H3,(H2,81,108)(H,84,86)(H,88,101)(H,89,113)(H,90,114)(H,92,109)(H,93,110)(H,94,115)(H,95,112)(H,97,116)(H,102,103)(H,104,105)(H,106,107)(H4,82,83,85)/b8-6-,47-16+/t45-,52-,53+,54+,55+,56+,57+,58+,59+,60+,61+,62+,63+,67+,71?,77?/m1/s1. The number of rotatable bonds is 41. The molecule has 676 valence electrons. The number of fused-ring (bicyclic) bond motifs is 4. The number of benzene rings is 2. The number of amides is 11. The summed E-state index contributed by atoms with van der Waals surface area (Å²) < 4.78 is 6.14. The van der Waals surface area contributed by atoms with Gasteiger partial charge in [-0.3, -0.25) is 88.1 Å². The van der Waals surface area contributed by atoms with Crippen molar-refractivity contribution in [3.05, 3.63) is 126 Å². The molecule has 11 amide bonds. The van der Waals surface area contributed by atoms with Crippen molar-refractivity contribution < 1.29 is 102 Å². The lowest BCUT2D eigenvalue weighted by Gasteiger charge is -2.35. The van der Waals surface area contributed by atoms with Gasteiger partial charge in [0.25, 0.3) is 0 Å². The van der Waals surface area contributed by atoms with E-state index in [1.807, 2.05) is 30.5 Å². The Hall–Kier alpha value is -10.5. The zero-order valence-corrected chi connectivity index (χ0v) is 71.6. The summed E-state index contributed by atoms with van der Waals surface area (Å²) in [5.74, 6) is -12.7. The highest BCUT2D eigenvalue weighted by atomic mass is 32.2. The quantitative estimate of drug-likeness (QED) is 0.00904. The second-order valence-electron chi connectivity index (χ2n) is 29.8. The topological polar surface area (TPSA) is 628 Å². The van der Waals surface area contributed by atoms with Crippen molar-refractivity contribution in [3.8, 4) is 0 Å². The van der Waals surface area contributed by atoms with E-state index in [4.69, 9.17) is 21.9 Å². The number of imidazole rings is 1. The lowest BCUT2D eigenvalue weighted by molar-refractivity contribution is -0.148. The molecule has 0 saturated carbocycles. The number of aliphatic hydroxyl groups excluding tert-OH is 3. The molecule has 4 heterocycles. The number of guanidine groups is 1. The molecule has 16 atom stereocenters. The number of nitrogens with zero attached hydrogens (tertiary/aromatic N) is 4. The molecule has 2 bridgehead atoms. The number of thioether (sulfide) groups is 3. The van der Waals surface area contributed by atoms with Crippen LogP contribution in [0.25, 0.3) is 0 Å². The van der Waals surface area contributed by atoms with E-state index < -0.39 is 219 Å². The molecule has 3 aromatic rings. The van der Waals surface area contributed by atoms with Gasteiger partial charge in [-0.25, -0.2) is 4.98 Å². The van der Waals surface area contributed by atoms with E-state index >= 15 is 9.59 Å². The number of nitrogens with two attached hydrogens (primary N) is 3. The Morgan fingerprint density at radius 2 is 1.34 bits per heavy atom. The first-order valence-electron chi connectivity index (χ1n) is 40.2. The molecule has 40 nitrogen and oxygen atoms in total. The zero-order valence-electron chi connectivity index (χ0n) is 69.1. The molecule has 2 fully saturated rings. The Morgan fingerprint density at radius 1 is 0.732 bits per heavy atom. The first kappa shape index (κ1) is 101. The smallest absolute Gasteiger partial charge is 0.305 e. The van der Waals surface area contributed by atoms with E-state index in [9.17, 15) is 88.2 Å². The highest BCUT2D eigenvalue weighted by molar-refractivity contribution is 7.99. The van der Waals surface area contributed by atoms with Crippen molar-refractivity contribution in [3.63, 3.8) is 0 Å². The van der Waals surface area contributed by atoms with Gasteiger partial charge in [-0.1, -0.05) is 85.5 Å². The number of aromatic amines is 1. The molecule has 123 heavy (non-hydrogen) atoms. The van der Waals surface area contributed by atoms with Crippen LogP contribution >= 0.6 is 35.3 Å². The van der Waals surface area contributed by atoms with Gasteiger partial charge in [0.15, 0.2) is 5.96 Å². The largest absolute Gasteiger partial charge is 0.481 e. The molecular formula is C80H117N19O21S3. The van der Waals surface area contributed by atoms with E-state index in [0.29, 0.717) is 47.7 Å². The minimum absolute atomic E-state index is 0.0418. The Kier molecular flexibility index (Phi) is 43.5. The summed E-state index contributed by atoms with van der Waals surface area (Å²) in [4.78, 5) is 207. The fourth-order valence-corrected chi connectivity index (χ4v) is 16.3. The number of allylic oxidation sites excluding steroid dienone is 4. The monoisotopic (exact) mass is 1780 g/mol. The molecule has 43 heteroatoms. The summed E-state index contributed by atoms with van der Waals surface area (Å²) in [6.45, 7) is 7.39. The van der Waals surface area contributed by atoms with Crippen LogP contribution in [0.2, 0.25) is 0 Å². The maximum atomic E-state index is 15.1. The summed E-state index contributed by atoms with van der Waals surface area (Å²) in [6.07, 6.45) is 3.35. The predicted octanol–water partition coefficient (Wildman–Crippen LogP) is -2.69. The second kappa shape index (κ2) is 52.8. The van der Waals surface area contributed by atoms with Gasteiger partial charge in [-0.2, -0.15) is 35.3 Å². The van der Waals surface area contributed by atoms with Gasteiger partial charge in [0.2, 0.25) is 65.0 Å². The minimum Gasteiger partial charge on any atom is -0.481 e. The summed E-state index contributed by atoms with van der Waals surface area (Å²) in [5.41, 5.74) is 19.2. The third-order valence-corrected chi connectivity index (χ3v) is 23.1. The number of hydrogen-bond acceptors (Lipinski definition) is 26. The van der Waals surface area contributed by atoms with Crippen LogP contribution in [-0.4, -0.2) is 293 Å². The van der Waals surface area contributed by atoms with Crippen LogP contribution in [0, 0.1) is 0 Å². The highest BCUT2D eigenvalue weighted by Crippen LogP contribution is 2.28. The van der Waals surface area contributed by atoms with Gasteiger partial charge in [0, 0.05) is 87.1 Å². The molecule has 1 aromatic heterocycles. The molecule has 2 saturated heterocycles. The summed E-state index contributed by atoms with van der Waals surface area (Å²) in [6, 6.07) is -2.31. The van der Waals surface area contributed by atoms with Crippen molar-refractivity contribution in [2.24, 2.45) is 22.2 Å². The number of nitrogens with one attached hydrogen (secondary N) is 12. The van der Waals surface area contributed by atoms with Crippen molar-refractivity contribution in [2.45, 2.75) is 219 Å². The van der Waals surface area contributed by atoms with Gasteiger partial charge in [-0.15, -0.1) is 0 Å². The van der Waals surface area contributed by atoms with Crippen LogP contribution in [0.5, 0.6) is 0 Å². The van der Waals surface area contributed by atoms with E-state index in [1.165, 1.54) is 77.5 Å². The molecule has 0 spiro atoms. The Bertz CT molecular complexity index is 4150. The predicted molar refractivity (Wildman–Crippen MR) is 458 cm³/mol. The van der Waals surface area contributed by atoms with Gasteiger partial charge in [0.1, 0.15) is 54.7 Å². The van der Waals surface area contributed by atoms with Gasteiger partial charge in [-0.05, 0) is 99.5 Å². The van der Waals surface area contributed by atoms with Crippen molar-refractivity contribution in [1.29, 1.82) is 0 Å². The third-order valence-electron chi connectivity index (χ3n) is 20.1. The Balaban J connectivity index is 1.34. The molecule has 3 aliphatic heterocycles. The number of aliphatic hydroxyl groups is 3. The van der Waals surface area contributed by atoms with Crippen LogP contribution in [0.3, 0.4) is 0 Å². The Morgan fingerprint density at radius 3 is 1.94 bits per heavy atom. The number of H-pyrrole nitrogens is 1. The molecule has 24 N–H and O–H groups in total. The molecule has 2 unspecified atom stereocenters. The molecule has 3 aliphatic rings. The number of hydrogen-bond donors (Lipinski definition) is 21. The maximum absolute atomic E-state index is 15.1. The van der Waals surface area contributed by atoms with Crippen molar-refractivity contribution >= 4 is 124 Å². The van der Waals surface area contributed by atoms with E-state index in [1.54, 1.807) is 55.5 Å². The third kappa shape index (κ3) is 35.0. The summed E-state index contributed by atoms with van der Waals surface area (Å²) >= 11 is 4.17. The van der Waals surface area contributed by atoms with Crippen LogP contribution < -0.4 is 75.7 Å². The number of carbonyl (C=O) groups is 14. The molecule has 2 aromatic carbocycles. The fourth-order valence-electron chi connectivity index (χ4n) is 13.9. The van der Waals surface area contributed by atoms with Crippen molar-refractivity contribution in [2.75, 3.05) is 56.5 Å². The fraction of sp³-hybridized carbons (Fsp3) is 0.550. The lowest BCUT2D eigenvalue weighted by atomic mass is 10.0. The first-order chi connectivity index (χ1) is 58.7. The van der Waals surface area contributed by atoms with Gasteiger partial charge >= 0.3 is 17.9 Å². The van der Waals surface area contributed by atoms with E-state index in [-0.39, 0.29) is 87.7 Å². The Labute approximate surface area is 725 Å². The summed E-state index contributed by atoms with van der Waals surface area (Å²) in [5, 5.41) is 94.3. The van der Waals surface area contributed by atoms with Crippen LogP contribution in [0.1, 0.15) is 120 Å². The normalized spacial score (nSPS) is 21.8. The molecular weight excluding hydrogens is 1660 g/mol. The number of carboxylic acid groups (broad SMARTS) is 3.